The zero-order valence-corrected chi connectivity index (χ0v) is 11.8. The highest BCUT2D eigenvalue weighted by Crippen LogP contribution is 2.23. The fourth-order valence-electron chi connectivity index (χ4n) is 1.76. The summed E-state index contributed by atoms with van der Waals surface area (Å²) < 4.78 is 0. The highest BCUT2D eigenvalue weighted by atomic mass is 32.1. The summed E-state index contributed by atoms with van der Waals surface area (Å²) in [5.74, 6) is -0.0441. The maximum absolute atomic E-state index is 11.1. The summed E-state index contributed by atoms with van der Waals surface area (Å²) in [6.07, 6.45) is 1.79. The van der Waals surface area contributed by atoms with Gasteiger partial charge < -0.3 is 10.6 Å². The lowest BCUT2D eigenvalue weighted by Gasteiger charge is -2.13. The van der Waals surface area contributed by atoms with Crippen LogP contribution in [0.2, 0.25) is 0 Å². The molecule has 2 N–H and O–H groups in total. The molecule has 0 bridgehead atoms. The van der Waals surface area contributed by atoms with Crippen molar-refractivity contribution in [3.05, 3.63) is 46.4 Å². The van der Waals surface area contributed by atoms with Crippen LogP contribution in [0, 0.1) is 0 Å². The van der Waals surface area contributed by atoms with Crippen LogP contribution in [0.15, 0.2) is 35.8 Å². The maximum atomic E-state index is 11.1. The quantitative estimate of drug-likeness (QED) is 0.882. The SMILES string of the molecule is CC(=O)Nc1ccsc1CN[C@@H](C)c1ccccn1. The van der Waals surface area contributed by atoms with Crippen molar-refractivity contribution in [2.24, 2.45) is 0 Å². The van der Waals surface area contributed by atoms with Crippen molar-refractivity contribution in [1.82, 2.24) is 10.3 Å². The first-order chi connectivity index (χ1) is 9.16. The molecule has 0 radical (unpaired) electrons. The van der Waals surface area contributed by atoms with Crippen molar-refractivity contribution in [1.29, 1.82) is 0 Å². The van der Waals surface area contributed by atoms with Gasteiger partial charge >= 0.3 is 0 Å². The summed E-state index contributed by atoms with van der Waals surface area (Å²) in [5, 5.41) is 8.22. The van der Waals surface area contributed by atoms with Gasteiger partial charge in [0.05, 0.1) is 11.4 Å². The molecule has 100 valence electrons. The van der Waals surface area contributed by atoms with Gasteiger partial charge in [0.15, 0.2) is 0 Å². The molecule has 4 nitrogen and oxygen atoms in total. The Morgan fingerprint density at radius 1 is 1.42 bits per heavy atom. The number of hydrogen-bond donors (Lipinski definition) is 2. The minimum Gasteiger partial charge on any atom is -0.325 e. The molecule has 0 saturated heterocycles. The number of pyridine rings is 1. The van der Waals surface area contributed by atoms with Gasteiger partial charge in [-0.3, -0.25) is 9.78 Å². The predicted octanol–water partition coefficient (Wildman–Crippen LogP) is 2.95. The first kappa shape index (κ1) is 13.7. The van der Waals surface area contributed by atoms with E-state index < -0.39 is 0 Å². The number of hydrogen-bond acceptors (Lipinski definition) is 4. The monoisotopic (exact) mass is 275 g/mol. The van der Waals surface area contributed by atoms with E-state index in [9.17, 15) is 4.79 Å². The van der Waals surface area contributed by atoms with Gasteiger partial charge in [0.2, 0.25) is 5.91 Å². The Kier molecular flexibility index (Phi) is 4.65. The molecule has 2 heterocycles. The van der Waals surface area contributed by atoms with Crippen molar-refractivity contribution in [3.63, 3.8) is 0 Å². The van der Waals surface area contributed by atoms with Crippen LogP contribution >= 0.6 is 11.3 Å². The summed E-state index contributed by atoms with van der Waals surface area (Å²) in [7, 11) is 0. The van der Waals surface area contributed by atoms with Gasteiger partial charge in [0, 0.05) is 30.6 Å². The molecule has 19 heavy (non-hydrogen) atoms. The lowest BCUT2D eigenvalue weighted by atomic mass is 10.2. The smallest absolute Gasteiger partial charge is 0.221 e. The highest BCUT2D eigenvalue weighted by molar-refractivity contribution is 7.10. The van der Waals surface area contributed by atoms with Crippen LogP contribution < -0.4 is 10.6 Å². The van der Waals surface area contributed by atoms with Crippen LogP contribution in [0.3, 0.4) is 0 Å². The summed E-state index contributed by atoms with van der Waals surface area (Å²) in [4.78, 5) is 16.5. The largest absolute Gasteiger partial charge is 0.325 e. The number of rotatable bonds is 5. The number of amides is 1. The Hall–Kier alpha value is -1.72. The lowest BCUT2D eigenvalue weighted by molar-refractivity contribution is -0.114. The van der Waals surface area contributed by atoms with E-state index in [1.165, 1.54) is 6.92 Å². The second-order valence-electron chi connectivity index (χ2n) is 4.30. The fraction of sp³-hybridized carbons (Fsp3) is 0.286. The normalized spacial score (nSPS) is 12.1. The van der Waals surface area contributed by atoms with Crippen molar-refractivity contribution >= 4 is 22.9 Å². The van der Waals surface area contributed by atoms with E-state index in [0.29, 0.717) is 6.54 Å². The first-order valence-corrected chi connectivity index (χ1v) is 7.03. The molecule has 2 aromatic rings. The van der Waals surface area contributed by atoms with Crippen LogP contribution in [0.5, 0.6) is 0 Å². The van der Waals surface area contributed by atoms with Crippen LogP contribution in [0.1, 0.15) is 30.5 Å². The molecule has 1 amide bonds. The number of thiophene rings is 1. The van der Waals surface area contributed by atoms with Crippen molar-refractivity contribution < 1.29 is 4.79 Å². The van der Waals surface area contributed by atoms with Crippen LogP contribution in [-0.4, -0.2) is 10.9 Å². The molecule has 0 unspecified atom stereocenters. The molecule has 0 aliphatic carbocycles. The number of nitrogens with zero attached hydrogens (tertiary/aromatic N) is 1. The number of aromatic nitrogens is 1. The molecule has 0 aliphatic heterocycles. The van der Waals surface area contributed by atoms with E-state index in [1.54, 1.807) is 17.5 Å². The highest BCUT2D eigenvalue weighted by Gasteiger charge is 2.09. The van der Waals surface area contributed by atoms with Crippen LogP contribution in [0.25, 0.3) is 0 Å². The van der Waals surface area contributed by atoms with E-state index in [0.717, 1.165) is 16.3 Å². The Morgan fingerprint density at radius 3 is 2.95 bits per heavy atom. The molecular formula is C14H17N3OS. The molecule has 0 spiro atoms. The van der Waals surface area contributed by atoms with Gasteiger partial charge in [-0.15, -0.1) is 11.3 Å². The molecule has 1 atom stereocenters. The van der Waals surface area contributed by atoms with E-state index >= 15 is 0 Å². The van der Waals surface area contributed by atoms with E-state index in [4.69, 9.17) is 0 Å². The number of carbonyl (C=O) groups excluding carboxylic acids is 1. The zero-order chi connectivity index (χ0) is 13.7. The first-order valence-electron chi connectivity index (χ1n) is 6.15. The standard InChI is InChI=1S/C14H17N3OS/c1-10(12-5-3-4-7-15-12)16-9-14-13(6-8-19-14)17-11(2)18/h3-8,10,16H,9H2,1-2H3,(H,17,18)/t10-/m0/s1. The Morgan fingerprint density at radius 2 is 2.26 bits per heavy atom. The molecule has 0 aromatic carbocycles. The molecule has 2 aromatic heterocycles. The van der Waals surface area contributed by atoms with Gasteiger partial charge in [-0.05, 0) is 30.5 Å². The van der Waals surface area contributed by atoms with Gasteiger partial charge in [-0.2, -0.15) is 0 Å². The number of nitrogens with one attached hydrogen (secondary N) is 2. The molecule has 0 saturated carbocycles. The van der Waals surface area contributed by atoms with Gasteiger partial charge in [-0.25, -0.2) is 0 Å². The summed E-state index contributed by atoms with van der Waals surface area (Å²) in [6, 6.07) is 7.99. The van der Waals surface area contributed by atoms with E-state index in [1.807, 2.05) is 29.6 Å². The second kappa shape index (κ2) is 6.45. The average Bonchev–Trinajstić information content (AvgIpc) is 2.83. The van der Waals surface area contributed by atoms with Crippen molar-refractivity contribution in [2.75, 3.05) is 5.32 Å². The molecular weight excluding hydrogens is 258 g/mol. The fourth-order valence-corrected chi connectivity index (χ4v) is 2.54. The Bertz CT molecular complexity index is 539. The third-order valence-electron chi connectivity index (χ3n) is 2.76. The van der Waals surface area contributed by atoms with Crippen LogP contribution in [-0.2, 0) is 11.3 Å². The topological polar surface area (TPSA) is 54.0 Å². The third-order valence-corrected chi connectivity index (χ3v) is 3.68. The van der Waals surface area contributed by atoms with Gasteiger partial charge in [0.25, 0.3) is 0 Å². The second-order valence-corrected chi connectivity index (χ2v) is 5.30. The third kappa shape index (κ3) is 3.87. The average molecular weight is 275 g/mol. The minimum atomic E-state index is -0.0441. The number of anilines is 1. The van der Waals surface area contributed by atoms with Gasteiger partial charge in [-0.1, -0.05) is 6.07 Å². The minimum absolute atomic E-state index is 0.0441. The summed E-state index contributed by atoms with van der Waals surface area (Å²) in [5.41, 5.74) is 1.90. The van der Waals surface area contributed by atoms with Gasteiger partial charge in [0.1, 0.15) is 0 Å². The molecule has 5 heteroatoms. The molecule has 0 fully saturated rings. The molecule has 0 aliphatic rings. The number of carbonyl (C=O) groups is 1. The van der Waals surface area contributed by atoms with Crippen molar-refractivity contribution in [3.8, 4) is 0 Å². The predicted molar refractivity (Wildman–Crippen MR) is 78.1 cm³/mol. The summed E-state index contributed by atoms with van der Waals surface area (Å²) in [6.45, 7) is 4.31. The Balaban J connectivity index is 1.95. The van der Waals surface area contributed by atoms with E-state index in [2.05, 4.69) is 22.5 Å². The summed E-state index contributed by atoms with van der Waals surface area (Å²) >= 11 is 1.63. The van der Waals surface area contributed by atoms with Crippen LogP contribution in [0.4, 0.5) is 5.69 Å². The van der Waals surface area contributed by atoms with Crippen molar-refractivity contribution in [2.45, 2.75) is 26.4 Å². The zero-order valence-electron chi connectivity index (χ0n) is 11.0. The van der Waals surface area contributed by atoms with E-state index in [-0.39, 0.29) is 11.9 Å². The molecule has 2 rings (SSSR count). The Labute approximate surface area is 116 Å². The lowest BCUT2D eigenvalue weighted by Crippen LogP contribution is -2.19. The maximum Gasteiger partial charge on any atom is 0.221 e.